The molecular weight excluding hydrogens is 148 g/mol. The van der Waals surface area contributed by atoms with Crippen LogP contribution in [0.3, 0.4) is 0 Å². The fraction of sp³-hybridized carbons (Fsp3) is 1.00. The van der Waals surface area contributed by atoms with Gasteiger partial charge >= 0.3 is 0 Å². The van der Waals surface area contributed by atoms with Gasteiger partial charge in [-0.1, -0.05) is 20.3 Å². The van der Waals surface area contributed by atoms with Crippen molar-refractivity contribution in [2.45, 2.75) is 52.1 Å². The van der Waals surface area contributed by atoms with Gasteiger partial charge in [0, 0.05) is 7.11 Å². The van der Waals surface area contributed by atoms with Crippen LogP contribution in [-0.2, 0) is 4.74 Å². The Balaban J connectivity index is 2.51. The second kappa shape index (κ2) is 3.78. The minimum absolute atomic E-state index is 0.174. The molecule has 1 aliphatic rings. The zero-order chi connectivity index (χ0) is 9.19. The van der Waals surface area contributed by atoms with Crippen molar-refractivity contribution in [3.05, 3.63) is 0 Å². The second-order valence-corrected chi connectivity index (χ2v) is 4.75. The van der Waals surface area contributed by atoms with Gasteiger partial charge in [0.25, 0.3) is 0 Å². The molecule has 0 heterocycles. The minimum Gasteiger partial charge on any atom is -0.379 e. The summed E-state index contributed by atoms with van der Waals surface area (Å²) in [6, 6.07) is 0. The molecule has 0 radical (unpaired) electrons. The summed E-state index contributed by atoms with van der Waals surface area (Å²) >= 11 is 0. The topological polar surface area (TPSA) is 9.23 Å². The molecule has 72 valence electrons. The third-order valence-electron chi connectivity index (χ3n) is 3.41. The maximum absolute atomic E-state index is 5.56. The van der Waals surface area contributed by atoms with E-state index in [4.69, 9.17) is 4.74 Å². The van der Waals surface area contributed by atoms with Gasteiger partial charge in [0.15, 0.2) is 0 Å². The Bertz CT molecular complexity index is 142. The molecule has 1 fully saturated rings. The van der Waals surface area contributed by atoms with Crippen molar-refractivity contribution in [3.8, 4) is 0 Å². The zero-order valence-corrected chi connectivity index (χ0v) is 8.89. The molecule has 0 saturated heterocycles. The van der Waals surface area contributed by atoms with Gasteiger partial charge < -0.3 is 4.74 Å². The molecule has 0 N–H and O–H groups in total. The summed E-state index contributed by atoms with van der Waals surface area (Å²) in [5, 5.41) is 0. The molecular formula is C11H22O. The quantitative estimate of drug-likeness (QED) is 0.618. The van der Waals surface area contributed by atoms with Crippen molar-refractivity contribution < 1.29 is 4.74 Å². The second-order valence-electron chi connectivity index (χ2n) is 4.75. The Morgan fingerprint density at radius 3 is 2.58 bits per heavy atom. The molecule has 0 aromatic carbocycles. The first-order chi connectivity index (χ1) is 5.57. The largest absolute Gasteiger partial charge is 0.379 e. The average Bonchev–Trinajstić information content (AvgIpc) is 2.05. The predicted octanol–water partition coefficient (Wildman–Crippen LogP) is 3.24. The van der Waals surface area contributed by atoms with Crippen LogP contribution in [0.15, 0.2) is 0 Å². The third kappa shape index (κ3) is 2.22. The molecule has 2 atom stereocenters. The van der Waals surface area contributed by atoms with Crippen LogP contribution in [0.5, 0.6) is 0 Å². The summed E-state index contributed by atoms with van der Waals surface area (Å²) < 4.78 is 5.56. The summed E-state index contributed by atoms with van der Waals surface area (Å²) in [6.45, 7) is 6.90. The fourth-order valence-electron chi connectivity index (χ4n) is 2.25. The van der Waals surface area contributed by atoms with Crippen molar-refractivity contribution in [1.82, 2.24) is 0 Å². The molecule has 1 saturated carbocycles. The number of hydrogen-bond acceptors (Lipinski definition) is 1. The first-order valence-electron chi connectivity index (χ1n) is 5.12. The van der Waals surface area contributed by atoms with Gasteiger partial charge in [0.1, 0.15) is 0 Å². The Morgan fingerprint density at radius 1 is 1.42 bits per heavy atom. The van der Waals surface area contributed by atoms with E-state index >= 15 is 0 Å². The molecule has 1 rings (SSSR count). The molecule has 0 bridgehead atoms. The normalized spacial score (nSPS) is 37.2. The number of ether oxygens (including phenoxy) is 1. The summed E-state index contributed by atoms with van der Waals surface area (Å²) in [5.74, 6) is 1.70. The SMILES string of the molecule is CO[C@]1(C)CCC[C@@H](C(C)C)C1. The number of methoxy groups -OCH3 is 1. The van der Waals surface area contributed by atoms with E-state index in [0.29, 0.717) is 0 Å². The predicted molar refractivity (Wildman–Crippen MR) is 52.2 cm³/mol. The van der Waals surface area contributed by atoms with Crippen LogP contribution in [-0.4, -0.2) is 12.7 Å². The van der Waals surface area contributed by atoms with E-state index in [2.05, 4.69) is 20.8 Å². The molecule has 1 aliphatic carbocycles. The average molecular weight is 170 g/mol. The first-order valence-corrected chi connectivity index (χ1v) is 5.12. The molecule has 0 amide bonds. The summed E-state index contributed by atoms with van der Waals surface area (Å²) in [7, 11) is 1.85. The Morgan fingerprint density at radius 2 is 2.08 bits per heavy atom. The van der Waals surface area contributed by atoms with E-state index in [-0.39, 0.29) is 5.60 Å². The molecule has 1 nitrogen and oxygen atoms in total. The van der Waals surface area contributed by atoms with Crippen LogP contribution < -0.4 is 0 Å². The molecule has 1 heteroatoms. The van der Waals surface area contributed by atoms with Gasteiger partial charge in [-0.15, -0.1) is 0 Å². The monoisotopic (exact) mass is 170 g/mol. The van der Waals surface area contributed by atoms with E-state index in [0.717, 1.165) is 11.8 Å². The first kappa shape index (κ1) is 10.0. The lowest BCUT2D eigenvalue weighted by molar-refractivity contribution is -0.0461. The molecule has 0 aromatic rings. The van der Waals surface area contributed by atoms with Gasteiger partial charge in [0.2, 0.25) is 0 Å². The number of rotatable bonds is 2. The Hall–Kier alpha value is -0.0400. The summed E-state index contributed by atoms with van der Waals surface area (Å²) in [4.78, 5) is 0. The van der Waals surface area contributed by atoms with Crippen molar-refractivity contribution in [1.29, 1.82) is 0 Å². The molecule has 0 aromatic heterocycles. The lowest BCUT2D eigenvalue weighted by Crippen LogP contribution is -2.35. The fourth-order valence-corrected chi connectivity index (χ4v) is 2.25. The minimum atomic E-state index is 0.174. The van der Waals surface area contributed by atoms with E-state index < -0.39 is 0 Å². The van der Waals surface area contributed by atoms with Crippen LogP contribution in [0.2, 0.25) is 0 Å². The smallest absolute Gasteiger partial charge is 0.0653 e. The maximum Gasteiger partial charge on any atom is 0.0653 e. The van der Waals surface area contributed by atoms with Crippen LogP contribution >= 0.6 is 0 Å². The number of hydrogen-bond donors (Lipinski definition) is 0. The zero-order valence-electron chi connectivity index (χ0n) is 8.89. The van der Waals surface area contributed by atoms with Crippen molar-refractivity contribution >= 4 is 0 Å². The van der Waals surface area contributed by atoms with Gasteiger partial charge in [-0.2, -0.15) is 0 Å². The lowest BCUT2D eigenvalue weighted by Gasteiger charge is -2.38. The highest BCUT2D eigenvalue weighted by Crippen LogP contribution is 2.37. The maximum atomic E-state index is 5.56. The van der Waals surface area contributed by atoms with Crippen LogP contribution in [0.25, 0.3) is 0 Å². The highest BCUT2D eigenvalue weighted by atomic mass is 16.5. The Kier molecular flexibility index (Phi) is 3.16. The van der Waals surface area contributed by atoms with Crippen LogP contribution in [0.4, 0.5) is 0 Å². The van der Waals surface area contributed by atoms with Gasteiger partial charge in [-0.3, -0.25) is 0 Å². The van der Waals surface area contributed by atoms with E-state index in [9.17, 15) is 0 Å². The van der Waals surface area contributed by atoms with Crippen molar-refractivity contribution in [2.24, 2.45) is 11.8 Å². The van der Waals surface area contributed by atoms with Gasteiger partial charge in [-0.25, -0.2) is 0 Å². The summed E-state index contributed by atoms with van der Waals surface area (Å²) in [6.07, 6.45) is 5.23. The molecule has 0 spiro atoms. The standard InChI is InChI=1S/C11H22O/c1-9(2)10-6-5-7-11(3,8-10)12-4/h9-10H,5-8H2,1-4H3/t10-,11-/m1/s1. The summed E-state index contributed by atoms with van der Waals surface area (Å²) in [5.41, 5.74) is 0.174. The van der Waals surface area contributed by atoms with Gasteiger partial charge in [-0.05, 0) is 38.0 Å². The highest BCUT2D eigenvalue weighted by Gasteiger charge is 2.32. The molecule has 12 heavy (non-hydrogen) atoms. The van der Waals surface area contributed by atoms with E-state index in [1.54, 1.807) is 0 Å². The Labute approximate surface area is 76.5 Å². The molecule has 0 aliphatic heterocycles. The van der Waals surface area contributed by atoms with Gasteiger partial charge in [0.05, 0.1) is 5.60 Å². The van der Waals surface area contributed by atoms with Crippen LogP contribution in [0.1, 0.15) is 46.5 Å². The van der Waals surface area contributed by atoms with Crippen molar-refractivity contribution in [2.75, 3.05) is 7.11 Å². The lowest BCUT2D eigenvalue weighted by atomic mass is 9.74. The van der Waals surface area contributed by atoms with E-state index in [1.807, 2.05) is 7.11 Å². The third-order valence-corrected chi connectivity index (χ3v) is 3.41. The molecule has 0 unspecified atom stereocenters. The van der Waals surface area contributed by atoms with Crippen molar-refractivity contribution in [3.63, 3.8) is 0 Å². The highest BCUT2D eigenvalue weighted by molar-refractivity contribution is 4.84. The van der Waals surface area contributed by atoms with Crippen LogP contribution in [0, 0.1) is 11.8 Å². The van der Waals surface area contributed by atoms with E-state index in [1.165, 1.54) is 25.7 Å².